The Morgan fingerprint density at radius 2 is 2.26 bits per heavy atom. The molecule has 104 valence electrons. The van der Waals surface area contributed by atoms with Gasteiger partial charge in [0.05, 0.1) is 12.7 Å². The fraction of sp³-hybridized carbons (Fsp3) is 0.625. The fourth-order valence-electron chi connectivity index (χ4n) is 3.38. The van der Waals surface area contributed by atoms with Gasteiger partial charge < -0.3 is 14.8 Å². The summed E-state index contributed by atoms with van der Waals surface area (Å²) in [6.07, 6.45) is 2.49. The molecular formula is C16H23NO2. The number of hydrogen-bond donors (Lipinski definition) is 1. The van der Waals surface area contributed by atoms with E-state index in [0.717, 1.165) is 38.3 Å². The second-order valence-corrected chi connectivity index (χ2v) is 5.50. The molecule has 19 heavy (non-hydrogen) atoms. The lowest BCUT2D eigenvalue weighted by atomic mass is 9.87. The number of para-hydroxylation sites is 1. The van der Waals surface area contributed by atoms with E-state index in [-0.39, 0.29) is 0 Å². The average molecular weight is 261 g/mol. The van der Waals surface area contributed by atoms with Crippen LogP contribution in [0.4, 0.5) is 0 Å². The van der Waals surface area contributed by atoms with Gasteiger partial charge >= 0.3 is 0 Å². The van der Waals surface area contributed by atoms with Crippen molar-refractivity contribution >= 4 is 0 Å². The number of benzene rings is 1. The zero-order valence-electron chi connectivity index (χ0n) is 11.8. The maximum atomic E-state index is 5.87. The third-order valence-electron chi connectivity index (χ3n) is 4.37. The summed E-state index contributed by atoms with van der Waals surface area (Å²) in [4.78, 5) is 0. The smallest absolute Gasteiger partial charge is 0.127 e. The van der Waals surface area contributed by atoms with Crippen LogP contribution in [0.25, 0.3) is 0 Å². The van der Waals surface area contributed by atoms with Crippen molar-refractivity contribution in [3.63, 3.8) is 0 Å². The molecular weight excluding hydrogens is 238 g/mol. The maximum Gasteiger partial charge on any atom is 0.127 e. The van der Waals surface area contributed by atoms with Crippen LogP contribution < -0.4 is 10.1 Å². The standard InChI is InChI=1S/C16H23NO2/c1-3-17-15(13-8-10-18-11(13)2)14-6-4-5-12-7-9-19-16(12)14/h4-6,11,13,15,17H,3,7-10H2,1-2H3. The summed E-state index contributed by atoms with van der Waals surface area (Å²) in [6.45, 7) is 7.02. The van der Waals surface area contributed by atoms with Crippen LogP contribution in [-0.4, -0.2) is 25.9 Å². The zero-order chi connectivity index (χ0) is 13.2. The molecule has 3 atom stereocenters. The molecule has 0 spiro atoms. The van der Waals surface area contributed by atoms with Crippen molar-refractivity contribution in [2.24, 2.45) is 5.92 Å². The van der Waals surface area contributed by atoms with Crippen molar-refractivity contribution in [1.82, 2.24) is 5.32 Å². The highest BCUT2D eigenvalue weighted by Crippen LogP contribution is 2.40. The summed E-state index contributed by atoms with van der Waals surface area (Å²) >= 11 is 0. The van der Waals surface area contributed by atoms with E-state index in [1.165, 1.54) is 11.1 Å². The molecule has 0 bridgehead atoms. The summed E-state index contributed by atoms with van der Waals surface area (Å²) in [5, 5.41) is 3.64. The van der Waals surface area contributed by atoms with E-state index in [9.17, 15) is 0 Å². The van der Waals surface area contributed by atoms with Gasteiger partial charge in [0.2, 0.25) is 0 Å². The van der Waals surface area contributed by atoms with Crippen molar-refractivity contribution in [3.05, 3.63) is 29.3 Å². The number of fused-ring (bicyclic) bond motifs is 1. The molecule has 1 aromatic carbocycles. The maximum absolute atomic E-state index is 5.87. The van der Waals surface area contributed by atoms with Crippen LogP contribution in [0.15, 0.2) is 18.2 Å². The molecule has 1 aromatic rings. The van der Waals surface area contributed by atoms with Gasteiger partial charge in [-0.05, 0) is 25.5 Å². The van der Waals surface area contributed by atoms with Crippen LogP contribution in [0.5, 0.6) is 5.75 Å². The van der Waals surface area contributed by atoms with Gasteiger partial charge in [-0.3, -0.25) is 0 Å². The Kier molecular flexibility index (Phi) is 3.76. The van der Waals surface area contributed by atoms with Crippen molar-refractivity contribution < 1.29 is 9.47 Å². The first-order chi connectivity index (χ1) is 9.31. The Morgan fingerprint density at radius 1 is 1.37 bits per heavy atom. The fourth-order valence-corrected chi connectivity index (χ4v) is 3.38. The highest BCUT2D eigenvalue weighted by atomic mass is 16.5. The molecule has 0 amide bonds. The Balaban J connectivity index is 1.94. The van der Waals surface area contributed by atoms with E-state index in [1.807, 2.05) is 0 Å². The molecule has 3 rings (SSSR count). The van der Waals surface area contributed by atoms with E-state index in [2.05, 4.69) is 37.4 Å². The summed E-state index contributed by atoms with van der Waals surface area (Å²) in [6, 6.07) is 6.90. The highest BCUT2D eigenvalue weighted by Gasteiger charge is 2.34. The second-order valence-electron chi connectivity index (χ2n) is 5.50. The van der Waals surface area contributed by atoms with E-state index in [1.54, 1.807) is 0 Å². The van der Waals surface area contributed by atoms with Gasteiger partial charge in [-0.15, -0.1) is 0 Å². The molecule has 3 heteroatoms. The molecule has 3 nitrogen and oxygen atoms in total. The molecule has 0 aromatic heterocycles. The van der Waals surface area contributed by atoms with Gasteiger partial charge in [0.25, 0.3) is 0 Å². The lowest BCUT2D eigenvalue weighted by Gasteiger charge is -2.28. The SMILES string of the molecule is CCNC(c1cccc2c1OCC2)C1CCOC1C. The van der Waals surface area contributed by atoms with Crippen molar-refractivity contribution in [3.8, 4) is 5.75 Å². The van der Waals surface area contributed by atoms with Gasteiger partial charge in [0, 0.05) is 30.6 Å². The first-order valence-electron chi connectivity index (χ1n) is 7.41. The molecule has 1 N–H and O–H groups in total. The third kappa shape index (κ3) is 2.37. The normalized spacial score (nSPS) is 27.1. The van der Waals surface area contributed by atoms with Crippen molar-refractivity contribution in [2.75, 3.05) is 19.8 Å². The third-order valence-corrected chi connectivity index (χ3v) is 4.37. The minimum absolute atomic E-state index is 0.321. The van der Waals surface area contributed by atoms with Gasteiger partial charge in [-0.2, -0.15) is 0 Å². The summed E-state index contributed by atoms with van der Waals surface area (Å²) in [5.74, 6) is 1.66. The lowest BCUT2D eigenvalue weighted by Crippen LogP contribution is -2.32. The molecule has 0 aliphatic carbocycles. The Bertz CT molecular complexity index is 446. The van der Waals surface area contributed by atoms with Crippen molar-refractivity contribution in [2.45, 2.75) is 38.8 Å². The molecule has 2 aliphatic heterocycles. The number of nitrogens with one attached hydrogen (secondary N) is 1. The summed E-state index contributed by atoms with van der Waals surface area (Å²) in [5.41, 5.74) is 2.67. The minimum Gasteiger partial charge on any atom is -0.493 e. The summed E-state index contributed by atoms with van der Waals surface area (Å²) in [7, 11) is 0. The Hall–Kier alpha value is -1.06. The van der Waals surface area contributed by atoms with Gasteiger partial charge in [0.1, 0.15) is 5.75 Å². The van der Waals surface area contributed by atoms with E-state index < -0.39 is 0 Å². The van der Waals surface area contributed by atoms with E-state index >= 15 is 0 Å². The molecule has 0 radical (unpaired) electrons. The van der Waals surface area contributed by atoms with Crippen LogP contribution in [-0.2, 0) is 11.2 Å². The van der Waals surface area contributed by atoms with Crippen LogP contribution in [0, 0.1) is 5.92 Å². The van der Waals surface area contributed by atoms with Gasteiger partial charge in [-0.25, -0.2) is 0 Å². The first-order valence-corrected chi connectivity index (χ1v) is 7.41. The van der Waals surface area contributed by atoms with Gasteiger partial charge in [0.15, 0.2) is 0 Å². The van der Waals surface area contributed by atoms with Gasteiger partial charge in [-0.1, -0.05) is 25.1 Å². The zero-order valence-corrected chi connectivity index (χ0v) is 11.8. The van der Waals surface area contributed by atoms with Crippen LogP contribution >= 0.6 is 0 Å². The molecule has 1 fully saturated rings. The lowest BCUT2D eigenvalue weighted by molar-refractivity contribution is 0.0952. The van der Waals surface area contributed by atoms with E-state index in [0.29, 0.717) is 18.1 Å². The van der Waals surface area contributed by atoms with E-state index in [4.69, 9.17) is 9.47 Å². The monoisotopic (exact) mass is 261 g/mol. The number of ether oxygens (including phenoxy) is 2. The second kappa shape index (κ2) is 5.51. The Labute approximate surface area is 115 Å². The molecule has 2 heterocycles. The summed E-state index contributed by atoms with van der Waals surface area (Å²) < 4.78 is 11.6. The number of hydrogen-bond acceptors (Lipinski definition) is 3. The van der Waals surface area contributed by atoms with Crippen molar-refractivity contribution in [1.29, 1.82) is 0 Å². The minimum atomic E-state index is 0.321. The van der Waals surface area contributed by atoms with Crippen LogP contribution in [0.2, 0.25) is 0 Å². The Morgan fingerprint density at radius 3 is 3.00 bits per heavy atom. The largest absolute Gasteiger partial charge is 0.493 e. The number of rotatable bonds is 4. The predicted octanol–water partition coefficient (Wildman–Crippen LogP) is 2.70. The average Bonchev–Trinajstić information content (AvgIpc) is 3.04. The topological polar surface area (TPSA) is 30.5 Å². The van der Waals surface area contributed by atoms with Crippen LogP contribution in [0.1, 0.15) is 37.4 Å². The molecule has 0 saturated carbocycles. The highest BCUT2D eigenvalue weighted by molar-refractivity contribution is 5.46. The predicted molar refractivity (Wildman–Crippen MR) is 75.6 cm³/mol. The van der Waals surface area contributed by atoms with Crippen LogP contribution in [0.3, 0.4) is 0 Å². The first kappa shape index (κ1) is 12.9. The molecule has 3 unspecified atom stereocenters. The molecule has 1 saturated heterocycles. The molecule has 2 aliphatic rings. The quantitative estimate of drug-likeness (QED) is 0.904.